The van der Waals surface area contributed by atoms with Crippen molar-refractivity contribution in [1.82, 2.24) is 14.5 Å². The summed E-state index contributed by atoms with van der Waals surface area (Å²) in [4.78, 5) is 20.9. The Morgan fingerprint density at radius 3 is 2.64 bits per heavy atom. The number of aromatic nitrogens is 3. The number of aromatic carboxylic acids is 1. The maximum absolute atomic E-state index is 13.2. The first-order valence-electron chi connectivity index (χ1n) is 8.34. The molecule has 28 heavy (non-hydrogen) atoms. The lowest BCUT2D eigenvalue weighted by Gasteiger charge is -2.23. The fourth-order valence-corrected chi connectivity index (χ4v) is 2.75. The van der Waals surface area contributed by atoms with Crippen LogP contribution in [-0.4, -0.2) is 39.2 Å². The predicted octanol–water partition coefficient (Wildman–Crippen LogP) is 3.80. The van der Waals surface area contributed by atoms with Gasteiger partial charge in [0.2, 0.25) is 0 Å². The maximum atomic E-state index is 13.2. The fourth-order valence-electron chi connectivity index (χ4n) is 2.75. The van der Waals surface area contributed by atoms with E-state index in [0.717, 1.165) is 6.07 Å². The van der Waals surface area contributed by atoms with Crippen molar-refractivity contribution in [3.05, 3.63) is 66.2 Å². The van der Waals surface area contributed by atoms with Crippen molar-refractivity contribution < 1.29 is 23.1 Å². The minimum Gasteiger partial charge on any atom is -0.478 e. The number of imidazole rings is 1. The minimum atomic E-state index is -4.42. The molecule has 0 amide bonds. The van der Waals surface area contributed by atoms with E-state index in [1.165, 1.54) is 41.7 Å². The quantitative estimate of drug-likeness (QED) is 0.693. The van der Waals surface area contributed by atoms with Gasteiger partial charge in [0.1, 0.15) is 5.69 Å². The van der Waals surface area contributed by atoms with Crippen LogP contribution in [0.2, 0.25) is 0 Å². The smallest absolute Gasteiger partial charge is 0.418 e. The molecule has 0 aliphatic rings. The van der Waals surface area contributed by atoms with Crippen LogP contribution in [0.1, 0.15) is 15.9 Å². The second kappa shape index (κ2) is 7.71. The van der Waals surface area contributed by atoms with E-state index in [0.29, 0.717) is 24.5 Å². The SMILES string of the molecule is CN(CCn1cnc(-c2cc(C(=O)O)ccn2)c1)c1ccccc1C(F)(F)F. The van der Waals surface area contributed by atoms with Crippen molar-refractivity contribution in [3.8, 4) is 11.4 Å². The Morgan fingerprint density at radius 1 is 1.18 bits per heavy atom. The number of pyridine rings is 1. The molecule has 0 saturated heterocycles. The fraction of sp³-hybridized carbons (Fsp3) is 0.211. The van der Waals surface area contributed by atoms with Gasteiger partial charge in [0.15, 0.2) is 0 Å². The number of benzene rings is 1. The molecule has 0 atom stereocenters. The molecular formula is C19H17F3N4O2. The standard InChI is InChI=1S/C19H17F3N4O2/c1-25(17-5-3-2-4-14(17)19(20,21)22)8-9-26-11-16(24-12-26)15-10-13(18(27)28)6-7-23-15/h2-7,10-12H,8-9H2,1H3,(H,27,28). The average molecular weight is 390 g/mol. The topological polar surface area (TPSA) is 71.2 Å². The van der Waals surface area contributed by atoms with Crippen molar-refractivity contribution in [3.63, 3.8) is 0 Å². The number of hydrogen-bond donors (Lipinski definition) is 1. The number of carboxylic acids is 1. The van der Waals surface area contributed by atoms with Crippen LogP contribution in [0.4, 0.5) is 18.9 Å². The van der Waals surface area contributed by atoms with Crippen LogP contribution in [0.5, 0.6) is 0 Å². The van der Waals surface area contributed by atoms with Crippen LogP contribution in [0.25, 0.3) is 11.4 Å². The number of anilines is 1. The lowest BCUT2D eigenvalue weighted by atomic mass is 10.1. The summed E-state index contributed by atoms with van der Waals surface area (Å²) in [6, 6.07) is 8.22. The van der Waals surface area contributed by atoms with Gasteiger partial charge < -0.3 is 14.6 Å². The van der Waals surface area contributed by atoms with E-state index in [4.69, 9.17) is 5.11 Å². The molecule has 0 aliphatic carbocycles. The average Bonchev–Trinajstić information content (AvgIpc) is 3.14. The summed E-state index contributed by atoms with van der Waals surface area (Å²) in [6.07, 6.45) is 0.179. The molecule has 0 saturated carbocycles. The molecule has 2 heterocycles. The number of carbonyl (C=O) groups is 1. The molecule has 0 radical (unpaired) electrons. The van der Waals surface area contributed by atoms with Crippen molar-refractivity contribution in [2.24, 2.45) is 0 Å². The molecule has 146 valence electrons. The van der Waals surface area contributed by atoms with Gasteiger partial charge >= 0.3 is 12.1 Å². The Bertz CT molecular complexity index is 985. The third-order valence-corrected chi connectivity index (χ3v) is 4.22. The Hall–Kier alpha value is -3.36. The van der Waals surface area contributed by atoms with Crippen molar-refractivity contribution in [2.75, 3.05) is 18.5 Å². The zero-order valence-corrected chi connectivity index (χ0v) is 14.9. The van der Waals surface area contributed by atoms with Crippen LogP contribution in [0, 0.1) is 0 Å². The second-order valence-corrected chi connectivity index (χ2v) is 6.17. The molecule has 3 rings (SSSR count). The number of alkyl halides is 3. The van der Waals surface area contributed by atoms with Gasteiger partial charge in [0.05, 0.1) is 23.1 Å². The molecule has 0 unspecified atom stereocenters. The first-order valence-corrected chi connectivity index (χ1v) is 8.34. The van der Waals surface area contributed by atoms with Gasteiger partial charge in [-0.3, -0.25) is 4.98 Å². The Balaban J connectivity index is 1.72. The number of carboxylic acid groups (broad SMARTS) is 1. The zero-order chi connectivity index (χ0) is 20.3. The molecule has 2 aromatic heterocycles. The van der Waals surface area contributed by atoms with Gasteiger partial charge in [0.25, 0.3) is 0 Å². The highest BCUT2D eigenvalue weighted by Crippen LogP contribution is 2.35. The van der Waals surface area contributed by atoms with E-state index in [-0.39, 0.29) is 11.3 Å². The summed E-state index contributed by atoms with van der Waals surface area (Å²) < 4.78 is 41.2. The zero-order valence-electron chi connectivity index (χ0n) is 14.9. The van der Waals surface area contributed by atoms with Crippen LogP contribution < -0.4 is 4.90 Å². The van der Waals surface area contributed by atoms with Crippen LogP contribution in [0.3, 0.4) is 0 Å². The van der Waals surface area contributed by atoms with Crippen LogP contribution >= 0.6 is 0 Å². The largest absolute Gasteiger partial charge is 0.478 e. The first kappa shape index (κ1) is 19.4. The molecule has 0 aliphatic heterocycles. The van der Waals surface area contributed by atoms with Gasteiger partial charge in [-0.15, -0.1) is 0 Å². The summed E-state index contributed by atoms with van der Waals surface area (Å²) in [5.41, 5.74) is 0.420. The Labute approximate surface area is 158 Å². The van der Waals surface area contributed by atoms with Crippen LogP contribution in [-0.2, 0) is 12.7 Å². The normalized spacial score (nSPS) is 11.4. The van der Waals surface area contributed by atoms with E-state index in [1.54, 1.807) is 23.9 Å². The number of halogens is 3. The van der Waals surface area contributed by atoms with Crippen molar-refractivity contribution in [1.29, 1.82) is 0 Å². The summed E-state index contributed by atoms with van der Waals surface area (Å²) in [5, 5.41) is 9.06. The first-order chi connectivity index (χ1) is 13.3. The highest BCUT2D eigenvalue weighted by atomic mass is 19.4. The van der Waals surface area contributed by atoms with Crippen LogP contribution in [0.15, 0.2) is 55.1 Å². The number of nitrogens with zero attached hydrogens (tertiary/aromatic N) is 4. The molecule has 0 bridgehead atoms. The van der Waals surface area contributed by atoms with Gasteiger partial charge in [0, 0.05) is 38.2 Å². The summed E-state index contributed by atoms with van der Waals surface area (Å²) in [7, 11) is 1.60. The number of likely N-dealkylation sites (N-methyl/N-ethyl adjacent to an activating group) is 1. The van der Waals surface area contributed by atoms with Gasteiger partial charge in [-0.05, 0) is 24.3 Å². The summed E-state index contributed by atoms with van der Waals surface area (Å²) >= 11 is 0. The molecule has 0 fully saturated rings. The molecule has 6 nitrogen and oxygen atoms in total. The third kappa shape index (κ3) is 4.30. The van der Waals surface area contributed by atoms with Gasteiger partial charge in [-0.2, -0.15) is 13.2 Å². The molecule has 9 heteroatoms. The molecule has 1 aromatic carbocycles. The Morgan fingerprint density at radius 2 is 1.93 bits per heavy atom. The monoisotopic (exact) mass is 390 g/mol. The van der Waals surface area contributed by atoms with Gasteiger partial charge in [-0.1, -0.05) is 12.1 Å². The molecular weight excluding hydrogens is 373 g/mol. The molecule has 0 spiro atoms. The third-order valence-electron chi connectivity index (χ3n) is 4.22. The van der Waals surface area contributed by atoms with Crippen molar-refractivity contribution >= 4 is 11.7 Å². The summed E-state index contributed by atoms with van der Waals surface area (Å²) in [6.45, 7) is 0.722. The maximum Gasteiger partial charge on any atom is 0.418 e. The summed E-state index contributed by atoms with van der Waals surface area (Å²) in [5.74, 6) is -1.06. The van der Waals surface area contributed by atoms with E-state index in [9.17, 15) is 18.0 Å². The van der Waals surface area contributed by atoms with Gasteiger partial charge in [-0.25, -0.2) is 9.78 Å². The van der Waals surface area contributed by atoms with E-state index in [1.807, 2.05) is 0 Å². The van der Waals surface area contributed by atoms with E-state index >= 15 is 0 Å². The minimum absolute atomic E-state index is 0.100. The Kier molecular flexibility index (Phi) is 5.34. The second-order valence-electron chi connectivity index (χ2n) is 6.17. The van der Waals surface area contributed by atoms with E-state index < -0.39 is 17.7 Å². The highest BCUT2D eigenvalue weighted by Gasteiger charge is 2.33. The molecule has 3 aromatic rings. The van der Waals surface area contributed by atoms with Crippen molar-refractivity contribution in [2.45, 2.75) is 12.7 Å². The highest BCUT2D eigenvalue weighted by molar-refractivity contribution is 5.88. The lowest BCUT2D eigenvalue weighted by Crippen LogP contribution is -2.25. The molecule has 1 N–H and O–H groups in total. The number of para-hydroxylation sites is 1. The lowest BCUT2D eigenvalue weighted by molar-refractivity contribution is -0.137. The number of hydrogen-bond acceptors (Lipinski definition) is 4. The van der Waals surface area contributed by atoms with E-state index in [2.05, 4.69) is 9.97 Å². The predicted molar refractivity (Wildman–Crippen MR) is 97.1 cm³/mol. The number of rotatable bonds is 6.